The Morgan fingerprint density at radius 3 is 2.64 bits per heavy atom. The van der Waals surface area contributed by atoms with Gasteiger partial charge < -0.3 is 20.0 Å². The highest BCUT2D eigenvalue weighted by Gasteiger charge is 1.93. The Balaban J connectivity index is 3.09. The average Bonchev–Trinajstić information content (AvgIpc) is 2.17. The fourth-order valence-electron chi connectivity index (χ4n) is 0.948. The fraction of sp³-hybridized carbons (Fsp3) is 0.700. The molecule has 4 heteroatoms. The maximum Gasteiger partial charge on any atom is 0.0881 e. The van der Waals surface area contributed by atoms with Gasteiger partial charge in [0.2, 0.25) is 0 Å². The van der Waals surface area contributed by atoms with E-state index in [0.29, 0.717) is 6.61 Å². The van der Waals surface area contributed by atoms with Gasteiger partial charge in [-0.15, -0.1) is 0 Å². The number of unbranched alkanes of at least 4 members (excludes halogenated alkanes) is 2. The van der Waals surface area contributed by atoms with Gasteiger partial charge in [0.1, 0.15) is 0 Å². The molecule has 0 heterocycles. The van der Waals surface area contributed by atoms with Crippen LogP contribution in [0.1, 0.15) is 19.3 Å². The van der Waals surface area contributed by atoms with E-state index in [2.05, 4.69) is 0 Å². The lowest BCUT2D eigenvalue weighted by atomic mass is 10.2. The molecule has 0 fully saturated rings. The van der Waals surface area contributed by atoms with Gasteiger partial charge in [0.05, 0.1) is 18.6 Å². The normalized spacial score (nSPS) is 10.9. The first-order valence-electron chi connectivity index (χ1n) is 4.76. The largest absolute Gasteiger partial charge is 0.516 e. The second-order valence-corrected chi connectivity index (χ2v) is 2.95. The van der Waals surface area contributed by atoms with E-state index in [4.69, 9.17) is 20.0 Å². The van der Waals surface area contributed by atoms with Gasteiger partial charge in [-0.05, 0) is 25.3 Å². The standard InChI is InChI=1S/C10H19NO3/c1-13-7-3-2-4-8-14-9-10(11)5-6-12/h5-6,11-12H,2-4,7-9H2,1H3/b6-5-,11-10?. The summed E-state index contributed by atoms with van der Waals surface area (Å²) in [6, 6.07) is 0. The maximum atomic E-state index is 8.35. The van der Waals surface area contributed by atoms with Crippen LogP contribution in [0.25, 0.3) is 0 Å². The van der Waals surface area contributed by atoms with Gasteiger partial charge in [0, 0.05) is 20.3 Å². The van der Waals surface area contributed by atoms with Crippen LogP contribution in [0.15, 0.2) is 12.3 Å². The molecule has 0 amide bonds. The molecule has 0 unspecified atom stereocenters. The summed E-state index contributed by atoms with van der Waals surface area (Å²) in [5.74, 6) is 0. The van der Waals surface area contributed by atoms with Crippen molar-refractivity contribution in [1.82, 2.24) is 0 Å². The molecular formula is C10H19NO3. The number of rotatable bonds is 9. The first kappa shape index (κ1) is 13.1. The minimum absolute atomic E-state index is 0.265. The van der Waals surface area contributed by atoms with Crippen molar-refractivity contribution in [2.45, 2.75) is 19.3 Å². The zero-order chi connectivity index (χ0) is 10.6. The van der Waals surface area contributed by atoms with Crippen molar-refractivity contribution in [3.63, 3.8) is 0 Å². The van der Waals surface area contributed by atoms with Gasteiger partial charge in [-0.2, -0.15) is 0 Å². The lowest BCUT2D eigenvalue weighted by Gasteiger charge is -2.02. The number of hydrogen-bond donors (Lipinski definition) is 2. The Labute approximate surface area is 85.0 Å². The Bertz CT molecular complexity index is 169. The van der Waals surface area contributed by atoms with E-state index in [-0.39, 0.29) is 12.3 Å². The number of aliphatic hydroxyl groups is 1. The van der Waals surface area contributed by atoms with Gasteiger partial charge >= 0.3 is 0 Å². The molecule has 0 aromatic carbocycles. The van der Waals surface area contributed by atoms with Crippen LogP contribution in [0.2, 0.25) is 0 Å². The highest BCUT2D eigenvalue weighted by molar-refractivity contribution is 5.93. The lowest BCUT2D eigenvalue weighted by molar-refractivity contribution is 0.157. The molecule has 0 aliphatic carbocycles. The number of hydrogen-bond acceptors (Lipinski definition) is 4. The molecule has 0 saturated heterocycles. The molecule has 0 radical (unpaired) electrons. The third-order valence-electron chi connectivity index (χ3n) is 1.67. The molecule has 0 rings (SSSR count). The molecule has 0 aliphatic rings. The Morgan fingerprint density at radius 1 is 1.29 bits per heavy atom. The summed E-state index contributed by atoms with van der Waals surface area (Å²) in [6.45, 7) is 1.72. The lowest BCUT2D eigenvalue weighted by Crippen LogP contribution is -2.05. The third-order valence-corrected chi connectivity index (χ3v) is 1.67. The van der Waals surface area contributed by atoms with Crippen molar-refractivity contribution in [2.24, 2.45) is 0 Å². The topological polar surface area (TPSA) is 62.5 Å². The molecule has 0 bridgehead atoms. The SMILES string of the molecule is COCCCCCOCC(=N)/C=C\O. The second-order valence-electron chi connectivity index (χ2n) is 2.95. The molecule has 14 heavy (non-hydrogen) atoms. The predicted molar refractivity (Wildman–Crippen MR) is 56.0 cm³/mol. The summed E-state index contributed by atoms with van der Waals surface area (Å²) in [4.78, 5) is 0. The summed E-state index contributed by atoms with van der Waals surface area (Å²) in [7, 11) is 1.69. The monoisotopic (exact) mass is 201 g/mol. The van der Waals surface area contributed by atoms with E-state index < -0.39 is 0 Å². The zero-order valence-corrected chi connectivity index (χ0v) is 8.66. The van der Waals surface area contributed by atoms with Crippen LogP contribution in [0.5, 0.6) is 0 Å². The molecule has 4 nitrogen and oxygen atoms in total. The van der Waals surface area contributed by atoms with E-state index >= 15 is 0 Å². The van der Waals surface area contributed by atoms with Crippen molar-refractivity contribution in [3.8, 4) is 0 Å². The highest BCUT2D eigenvalue weighted by Crippen LogP contribution is 1.96. The van der Waals surface area contributed by atoms with Crippen LogP contribution in [0, 0.1) is 5.41 Å². The van der Waals surface area contributed by atoms with Gasteiger partial charge in [-0.25, -0.2) is 0 Å². The first-order valence-corrected chi connectivity index (χ1v) is 4.76. The van der Waals surface area contributed by atoms with E-state index in [1.165, 1.54) is 6.08 Å². The molecule has 0 aromatic rings. The molecule has 0 atom stereocenters. The summed E-state index contributed by atoms with van der Waals surface area (Å²) >= 11 is 0. The Hall–Kier alpha value is -0.870. The van der Waals surface area contributed by atoms with Crippen molar-refractivity contribution in [2.75, 3.05) is 26.9 Å². The van der Waals surface area contributed by atoms with Crippen LogP contribution < -0.4 is 0 Å². The van der Waals surface area contributed by atoms with Gasteiger partial charge in [-0.1, -0.05) is 0 Å². The van der Waals surface area contributed by atoms with Gasteiger partial charge in [0.15, 0.2) is 0 Å². The summed E-state index contributed by atoms with van der Waals surface area (Å²) < 4.78 is 10.1. The van der Waals surface area contributed by atoms with E-state index in [1.807, 2.05) is 0 Å². The maximum absolute atomic E-state index is 8.35. The van der Waals surface area contributed by atoms with Crippen molar-refractivity contribution in [3.05, 3.63) is 12.3 Å². The molecule has 0 aliphatic heterocycles. The minimum atomic E-state index is 0.265. The van der Waals surface area contributed by atoms with Gasteiger partial charge in [0.25, 0.3) is 0 Å². The summed E-state index contributed by atoms with van der Waals surface area (Å²) in [6.07, 6.45) is 5.28. The zero-order valence-electron chi connectivity index (χ0n) is 8.66. The summed E-state index contributed by atoms with van der Waals surface area (Å²) in [5, 5.41) is 15.6. The van der Waals surface area contributed by atoms with Crippen LogP contribution in [-0.4, -0.2) is 37.7 Å². The Morgan fingerprint density at radius 2 is 2.00 bits per heavy atom. The second kappa shape index (κ2) is 10.2. The highest BCUT2D eigenvalue weighted by atomic mass is 16.5. The van der Waals surface area contributed by atoms with Crippen LogP contribution in [-0.2, 0) is 9.47 Å². The van der Waals surface area contributed by atoms with E-state index in [9.17, 15) is 0 Å². The van der Waals surface area contributed by atoms with Crippen LogP contribution in [0.3, 0.4) is 0 Å². The van der Waals surface area contributed by atoms with Crippen LogP contribution >= 0.6 is 0 Å². The van der Waals surface area contributed by atoms with E-state index in [0.717, 1.165) is 32.1 Å². The number of nitrogens with one attached hydrogen (secondary N) is 1. The smallest absolute Gasteiger partial charge is 0.0881 e. The quantitative estimate of drug-likeness (QED) is 0.340. The van der Waals surface area contributed by atoms with Crippen molar-refractivity contribution >= 4 is 5.71 Å². The number of methoxy groups -OCH3 is 1. The Kier molecular flexibility index (Phi) is 9.58. The molecule has 0 spiro atoms. The van der Waals surface area contributed by atoms with Crippen molar-refractivity contribution in [1.29, 1.82) is 5.41 Å². The number of aliphatic hydroxyl groups excluding tert-OH is 1. The number of ether oxygens (including phenoxy) is 2. The first-order chi connectivity index (χ1) is 6.81. The third kappa shape index (κ3) is 9.22. The average molecular weight is 201 g/mol. The van der Waals surface area contributed by atoms with Gasteiger partial charge in [-0.3, -0.25) is 0 Å². The van der Waals surface area contributed by atoms with Crippen molar-refractivity contribution < 1.29 is 14.6 Å². The molecule has 82 valence electrons. The molecule has 0 saturated carbocycles. The van der Waals surface area contributed by atoms with Crippen LogP contribution in [0.4, 0.5) is 0 Å². The molecular weight excluding hydrogens is 182 g/mol. The summed E-state index contributed by atoms with van der Waals surface area (Å²) in [5.41, 5.74) is 0.282. The molecule has 0 aromatic heterocycles. The fourth-order valence-corrected chi connectivity index (χ4v) is 0.948. The molecule has 2 N–H and O–H groups in total. The van der Waals surface area contributed by atoms with E-state index in [1.54, 1.807) is 7.11 Å². The minimum Gasteiger partial charge on any atom is -0.516 e. The predicted octanol–water partition coefficient (Wildman–Crippen LogP) is 1.91.